The zero-order valence-corrected chi connectivity index (χ0v) is 6.66. The number of benzene rings is 1. The summed E-state index contributed by atoms with van der Waals surface area (Å²) in [4.78, 5) is 9.90. The normalized spacial score (nSPS) is 8.42. The summed E-state index contributed by atoms with van der Waals surface area (Å²) in [7, 11) is 0. The Morgan fingerprint density at radius 3 is 2.83 bits per heavy atom. The molecule has 0 aliphatic heterocycles. The van der Waals surface area contributed by atoms with Gasteiger partial charge in [0.25, 0.3) is 0 Å². The van der Waals surface area contributed by atoms with Crippen molar-refractivity contribution >= 4 is 6.29 Å². The maximum atomic E-state index is 9.90. The van der Waals surface area contributed by atoms with Crippen LogP contribution in [0.15, 0.2) is 18.2 Å². The highest BCUT2D eigenvalue weighted by molar-refractivity contribution is 5.74. The van der Waals surface area contributed by atoms with Crippen molar-refractivity contribution in [2.45, 2.75) is 6.92 Å². The average Bonchev–Trinajstić information content (AvgIpc) is 2.03. The summed E-state index contributed by atoms with van der Waals surface area (Å²) in [5.41, 5.74) is 1.44. The molecule has 0 bridgehead atoms. The Labute approximate surface area is 70.8 Å². The molecule has 1 aromatic carbocycles. The quantitative estimate of drug-likeness (QED) is 0.458. The molecule has 2 nitrogen and oxygen atoms in total. The van der Waals surface area contributed by atoms with E-state index in [4.69, 9.17) is 0 Å². The summed E-state index contributed by atoms with van der Waals surface area (Å²) < 4.78 is 0. The minimum Gasteiger partial charge on any atom is -0.507 e. The second kappa shape index (κ2) is 3.59. The van der Waals surface area contributed by atoms with Gasteiger partial charge in [0.05, 0.1) is 5.56 Å². The van der Waals surface area contributed by atoms with Crippen LogP contribution in [0.1, 0.15) is 11.1 Å². The van der Waals surface area contributed by atoms with Gasteiger partial charge in [0.15, 0.2) is 6.29 Å². The minimum absolute atomic E-state index is 0.115. The summed E-state index contributed by atoms with van der Waals surface area (Å²) in [6, 6.07) is 5.12. The molecular weight excluding hydrogens is 152 g/mol. The highest BCUT2D eigenvalue weighted by Crippen LogP contribution is 2.16. The third-order valence-corrected chi connectivity index (χ3v) is 1.42. The van der Waals surface area contributed by atoms with Gasteiger partial charge in [0, 0.05) is 0 Å². The molecule has 0 aromatic heterocycles. The zero-order valence-electron chi connectivity index (χ0n) is 6.66. The van der Waals surface area contributed by atoms with E-state index in [1.165, 1.54) is 0 Å². The van der Waals surface area contributed by atoms with Gasteiger partial charge in [-0.3, -0.25) is 4.79 Å². The lowest BCUT2D eigenvalue weighted by atomic mass is 10.1. The third-order valence-electron chi connectivity index (χ3n) is 1.42. The summed E-state index contributed by atoms with van der Waals surface area (Å²) >= 11 is 0. The number of aromatic hydroxyl groups is 1. The number of phenols is 1. The van der Waals surface area contributed by atoms with Crippen molar-refractivity contribution in [2.75, 3.05) is 0 Å². The molecule has 1 aromatic rings. The van der Waals surface area contributed by atoms with Crippen molar-refractivity contribution in [3.8, 4) is 17.6 Å². The standard InChI is InChI=1S/C10H8O2/c1-8-4-5-9(3-2-6-11)10(12)7-8/h4-7,12H,1H3. The molecule has 1 N–H and O–H groups in total. The van der Waals surface area contributed by atoms with Crippen LogP contribution in [0.3, 0.4) is 0 Å². The first-order valence-corrected chi connectivity index (χ1v) is 3.49. The van der Waals surface area contributed by atoms with E-state index in [-0.39, 0.29) is 5.75 Å². The lowest BCUT2D eigenvalue weighted by Crippen LogP contribution is -1.78. The molecule has 12 heavy (non-hydrogen) atoms. The smallest absolute Gasteiger partial charge is 0.193 e. The van der Waals surface area contributed by atoms with Crippen molar-refractivity contribution in [1.29, 1.82) is 0 Å². The van der Waals surface area contributed by atoms with E-state index in [1.54, 1.807) is 12.1 Å². The SMILES string of the molecule is Cc1ccc(C#CC=O)c(O)c1. The van der Waals surface area contributed by atoms with Gasteiger partial charge in [0.2, 0.25) is 0 Å². The predicted octanol–water partition coefficient (Wildman–Crippen LogP) is 1.25. The first-order valence-electron chi connectivity index (χ1n) is 3.49. The fourth-order valence-corrected chi connectivity index (χ4v) is 0.855. The molecule has 0 saturated heterocycles. The Hall–Kier alpha value is -1.75. The Bertz CT molecular complexity index is 356. The Morgan fingerprint density at radius 1 is 1.50 bits per heavy atom. The van der Waals surface area contributed by atoms with Crippen LogP contribution in [-0.2, 0) is 4.79 Å². The van der Waals surface area contributed by atoms with E-state index in [2.05, 4.69) is 11.8 Å². The Balaban J connectivity index is 3.09. The molecule has 0 atom stereocenters. The van der Waals surface area contributed by atoms with Gasteiger partial charge in [-0.05, 0) is 30.5 Å². The minimum atomic E-state index is 0.115. The zero-order chi connectivity index (χ0) is 8.97. The van der Waals surface area contributed by atoms with Gasteiger partial charge < -0.3 is 5.11 Å². The Kier molecular flexibility index (Phi) is 2.49. The van der Waals surface area contributed by atoms with Gasteiger partial charge in [-0.2, -0.15) is 0 Å². The average molecular weight is 160 g/mol. The number of hydrogen-bond donors (Lipinski definition) is 1. The topological polar surface area (TPSA) is 37.3 Å². The number of carbonyl (C=O) groups is 1. The highest BCUT2D eigenvalue weighted by atomic mass is 16.3. The molecule has 0 amide bonds. The van der Waals surface area contributed by atoms with Crippen molar-refractivity contribution < 1.29 is 9.90 Å². The van der Waals surface area contributed by atoms with E-state index in [1.807, 2.05) is 13.0 Å². The van der Waals surface area contributed by atoms with E-state index in [0.717, 1.165) is 5.56 Å². The summed E-state index contributed by atoms with van der Waals surface area (Å²) in [6.45, 7) is 1.87. The van der Waals surface area contributed by atoms with E-state index < -0.39 is 0 Å². The lowest BCUT2D eigenvalue weighted by Gasteiger charge is -1.96. The number of aldehydes is 1. The maximum absolute atomic E-state index is 9.90. The fraction of sp³-hybridized carbons (Fsp3) is 0.100. The van der Waals surface area contributed by atoms with Gasteiger partial charge in [-0.25, -0.2) is 0 Å². The van der Waals surface area contributed by atoms with Crippen molar-refractivity contribution in [3.63, 3.8) is 0 Å². The molecule has 0 spiro atoms. The highest BCUT2D eigenvalue weighted by Gasteiger charge is 1.95. The molecule has 0 unspecified atom stereocenters. The summed E-state index contributed by atoms with van der Waals surface area (Å²) in [5, 5.41) is 9.30. The van der Waals surface area contributed by atoms with Crippen LogP contribution in [0.4, 0.5) is 0 Å². The first-order chi connectivity index (χ1) is 5.74. The van der Waals surface area contributed by atoms with Crippen LogP contribution < -0.4 is 0 Å². The number of phenolic OH excluding ortho intramolecular Hbond substituents is 1. The monoisotopic (exact) mass is 160 g/mol. The van der Waals surface area contributed by atoms with Crippen LogP contribution in [0.25, 0.3) is 0 Å². The molecule has 0 fully saturated rings. The van der Waals surface area contributed by atoms with Gasteiger partial charge in [0.1, 0.15) is 5.75 Å². The molecule has 0 aliphatic rings. The maximum Gasteiger partial charge on any atom is 0.193 e. The number of rotatable bonds is 0. The van der Waals surface area contributed by atoms with Gasteiger partial charge in [-0.15, -0.1) is 0 Å². The molecule has 0 aliphatic carbocycles. The van der Waals surface area contributed by atoms with Crippen LogP contribution in [0.2, 0.25) is 0 Å². The molecule has 0 saturated carbocycles. The molecule has 0 radical (unpaired) electrons. The summed E-state index contributed by atoms with van der Waals surface area (Å²) in [5.74, 6) is 4.87. The molecule has 60 valence electrons. The number of carbonyl (C=O) groups excluding carboxylic acids is 1. The van der Waals surface area contributed by atoms with Gasteiger partial charge >= 0.3 is 0 Å². The van der Waals surface area contributed by atoms with Crippen molar-refractivity contribution in [1.82, 2.24) is 0 Å². The van der Waals surface area contributed by atoms with Crippen LogP contribution >= 0.6 is 0 Å². The van der Waals surface area contributed by atoms with Crippen LogP contribution in [0, 0.1) is 18.8 Å². The van der Waals surface area contributed by atoms with Crippen molar-refractivity contribution in [2.24, 2.45) is 0 Å². The Morgan fingerprint density at radius 2 is 2.25 bits per heavy atom. The second-order valence-electron chi connectivity index (χ2n) is 2.41. The molecular formula is C10H8O2. The van der Waals surface area contributed by atoms with E-state index in [9.17, 15) is 9.90 Å². The molecule has 2 heteroatoms. The summed E-state index contributed by atoms with van der Waals surface area (Å²) in [6.07, 6.45) is 0.499. The van der Waals surface area contributed by atoms with Crippen molar-refractivity contribution in [3.05, 3.63) is 29.3 Å². The largest absolute Gasteiger partial charge is 0.507 e. The van der Waals surface area contributed by atoms with Crippen LogP contribution in [-0.4, -0.2) is 11.4 Å². The predicted molar refractivity (Wildman–Crippen MR) is 45.8 cm³/mol. The number of aryl methyl sites for hydroxylation is 1. The lowest BCUT2D eigenvalue weighted by molar-refractivity contribution is -0.103. The fourth-order valence-electron chi connectivity index (χ4n) is 0.855. The third kappa shape index (κ3) is 1.86. The first kappa shape index (κ1) is 8.35. The number of hydrogen-bond acceptors (Lipinski definition) is 2. The molecule has 1 rings (SSSR count). The van der Waals surface area contributed by atoms with E-state index >= 15 is 0 Å². The van der Waals surface area contributed by atoms with E-state index in [0.29, 0.717) is 11.8 Å². The van der Waals surface area contributed by atoms with Gasteiger partial charge in [-0.1, -0.05) is 12.0 Å². The van der Waals surface area contributed by atoms with Crippen LogP contribution in [0.5, 0.6) is 5.75 Å². The second-order valence-corrected chi connectivity index (χ2v) is 2.41. The molecule has 0 heterocycles.